The number of hydrogen-bond acceptors (Lipinski definition) is 2. The Bertz CT molecular complexity index is 460. The van der Waals surface area contributed by atoms with E-state index < -0.39 is 11.8 Å². The molecule has 0 aliphatic carbocycles. The van der Waals surface area contributed by atoms with Gasteiger partial charge in [-0.25, -0.2) is 0 Å². The molecule has 1 aliphatic heterocycles. The first-order chi connectivity index (χ1) is 7.08. The fraction of sp³-hybridized carbons (Fsp3) is 0.111. The minimum atomic E-state index is -0.716. The van der Waals surface area contributed by atoms with Crippen LogP contribution in [-0.2, 0) is 16.1 Å². The van der Waals surface area contributed by atoms with Gasteiger partial charge in [0.25, 0.3) is 0 Å². The summed E-state index contributed by atoms with van der Waals surface area (Å²) in [6.07, 6.45) is 0. The van der Waals surface area contributed by atoms with Crippen molar-refractivity contribution in [2.45, 2.75) is 6.54 Å². The number of carbonyl (C=O) groups excluding carboxylic acids is 2. The fourth-order valence-corrected chi connectivity index (χ4v) is 1.88. The number of benzene rings is 1. The molecule has 0 bridgehead atoms. The van der Waals surface area contributed by atoms with Crippen LogP contribution in [-0.4, -0.2) is 11.8 Å². The molecule has 0 atom stereocenters. The second-order valence-corrected chi connectivity index (χ2v) is 3.89. The molecule has 1 aromatic rings. The van der Waals surface area contributed by atoms with Crippen molar-refractivity contribution in [2.24, 2.45) is 0 Å². The first-order valence-electron chi connectivity index (χ1n) is 4.15. The third-order valence-electron chi connectivity index (χ3n) is 2.04. The third-order valence-corrected chi connectivity index (χ3v) is 2.60. The molecule has 15 heavy (non-hydrogen) atoms. The van der Waals surface area contributed by atoms with E-state index in [4.69, 9.17) is 23.2 Å². The van der Waals surface area contributed by atoms with E-state index >= 15 is 0 Å². The van der Waals surface area contributed by atoms with E-state index in [1.807, 2.05) is 0 Å². The van der Waals surface area contributed by atoms with Crippen LogP contribution >= 0.6 is 23.2 Å². The van der Waals surface area contributed by atoms with Crippen molar-refractivity contribution in [3.63, 3.8) is 0 Å². The van der Waals surface area contributed by atoms with Gasteiger partial charge in [-0.1, -0.05) is 23.2 Å². The molecule has 2 rings (SSSR count). The topological polar surface area (TPSA) is 58.2 Å². The molecule has 2 amide bonds. The van der Waals surface area contributed by atoms with E-state index in [1.165, 1.54) is 0 Å². The SMILES string of the molecule is O=C1NCc2c(Cl)cc(Cl)cc2NC1=O. The van der Waals surface area contributed by atoms with Crippen LogP contribution in [0.2, 0.25) is 10.0 Å². The molecule has 0 radical (unpaired) electrons. The molecule has 78 valence electrons. The molecule has 6 heteroatoms. The second kappa shape index (κ2) is 3.72. The van der Waals surface area contributed by atoms with Gasteiger partial charge in [0.1, 0.15) is 0 Å². The van der Waals surface area contributed by atoms with Crippen LogP contribution in [0.1, 0.15) is 5.56 Å². The van der Waals surface area contributed by atoms with Crippen LogP contribution in [0, 0.1) is 0 Å². The van der Waals surface area contributed by atoms with Gasteiger partial charge in [0.2, 0.25) is 0 Å². The van der Waals surface area contributed by atoms with Crippen molar-refractivity contribution in [1.82, 2.24) is 5.32 Å². The van der Waals surface area contributed by atoms with Crippen molar-refractivity contribution in [1.29, 1.82) is 0 Å². The Morgan fingerprint density at radius 3 is 2.60 bits per heavy atom. The van der Waals surface area contributed by atoms with E-state index in [2.05, 4.69) is 10.6 Å². The van der Waals surface area contributed by atoms with Crippen LogP contribution in [0.5, 0.6) is 0 Å². The maximum Gasteiger partial charge on any atom is 0.313 e. The summed E-state index contributed by atoms with van der Waals surface area (Å²) >= 11 is 11.7. The van der Waals surface area contributed by atoms with Crippen LogP contribution in [0.3, 0.4) is 0 Å². The lowest BCUT2D eigenvalue weighted by Crippen LogP contribution is -2.31. The Balaban J connectivity index is 2.51. The van der Waals surface area contributed by atoms with E-state index in [9.17, 15) is 9.59 Å². The Hall–Kier alpha value is -1.26. The van der Waals surface area contributed by atoms with E-state index in [0.29, 0.717) is 21.3 Å². The molecule has 0 saturated carbocycles. The lowest BCUT2D eigenvalue weighted by molar-refractivity contribution is -0.136. The Morgan fingerprint density at radius 2 is 1.87 bits per heavy atom. The van der Waals surface area contributed by atoms with Gasteiger partial charge in [0.05, 0.1) is 0 Å². The molecular weight excluding hydrogens is 239 g/mol. The number of rotatable bonds is 0. The molecule has 4 nitrogen and oxygen atoms in total. The smallest absolute Gasteiger partial charge is 0.313 e. The van der Waals surface area contributed by atoms with Gasteiger partial charge in [-0.2, -0.15) is 0 Å². The Morgan fingerprint density at radius 1 is 1.13 bits per heavy atom. The highest BCUT2D eigenvalue weighted by Gasteiger charge is 2.21. The monoisotopic (exact) mass is 244 g/mol. The molecule has 0 fully saturated rings. The zero-order chi connectivity index (χ0) is 11.0. The highest BCUT2D eigenvalue weighted by atomic mass is 35.5. The maximum atomic E-state index is 11.2. The Labute approximate surface area is 95.5 Å². The largest absolute Gasteiger partial charge is 0.344 e. The summed E-state index contributed by atoms with van der Waals surface area (Å²) in [6.45, 7) is 0.211. The average Bonchev–Trinajstić information content (AvgIpc) is 2.27. The molecule has 0 aromatic heterocycles. The molecule has 0 saturated heterocycles. The van der Waals surface area contributed by atoms with E-state index in [-0.39, 0.29) is 6.54 Å². The fourth-order valence-electron chi connectivity index (χ4n) is 1.32. The van der Waals surface area contributed by atoms with E-state index in [1.54, 1.807) is 12.1 Å². The average molecular weight is 245 g/mol. The molecule has 0 spiro atoms. The zero-order valence-electron chi connectivity index (χ0n) is 7.43. The number of fused-ring (bicyclic) bond motifs is 1. The molecular formula is C9H6Cl2N2O2. The summed E-state index contributed by atoms with van der Waals surface area (Å²) < 4.78 is 0. The van der Waals surface area contributed by atoms with Gasteiger partial charge >= 0.3 is 11.8 Å². The summed E-state index contributed by atoms with van der Waals surface area (Å²) in [7, 11) is 0. The zero-order valence-corrected chi connectivity index (χ0v) is 8.95. The number of amides is 2. The number of anilines is 1. The lowest BCUT2D eigenvalue weighted by Gasteiger charge is -2.07. The summed E-state index contributed by atoms with van der Waals surface area (Å²) in [5.41, 5.74) is 1.12. The van der Waals surface area contributed by atoms with Gasteiger partial charge in [0, 0.05) is 27.8 Å². The standard InChI is InChI=1S/C9H6Cl2N2O2/c10-4-1-6(11)5-3-12-8(14)9(15)13-7(5)2-4/h1-2H,3H2,(H,12,14)(H,13,15). The third kappa shape index (κ3) is 1.91. The number of halogens is 2. The Kier molecular flexibility index (Phi) is 2.54. The van der Waals surface area contributed by atoms with Gasteiger partial charge in [-0.15, -0.1) is 0 Å². The summed E-state index contributed by atoms with van der Waals surface area (Å²) in [5.74, 6) is -1.40. The second-order valence-electron chi connectivity index (χ2n) is 3.05. The predicted octanol–water partition coefficient (Wildman–Crippen LogP) is 1.56. The molecule has 0 unspecified atom stereocenters. The first kappa shape index (κ1) is 10.3. The quantitative estimate of drug-likeness (QED) is 0.681. The van der Waals surface area contributed by atoms with Crippen LogP contribution in [0.15, 0.2) is 12.1 Å². The van der Waals surface area contributed by atoms with Gasteiger partial charge < -0.3 is 10.6 Å². The van der Waals surface area contributed by atoms with Crippen molar-refractivity contribution >= 4 is 40.7 Å². The first-order valence-corrected chi connectivity index (χ1v) is 4.90. The summed E-state index contributed by atoms with van der Waals surface area (Å²) in [6, 6.07) is 3.12. The number of hydrogen-bond donors (Lipinski definition) is 2. The van der Waals surface area contributed by atoms with Crippen LogP contribution in [0.25, 0.3) is 0 Å². The molecule has 1 aromatic carbocycles. The predicted molar refractivity (Wildman–Crippen MR) is 56.9 cm³/mol. The minimum Gasteiger partial charge on any atom is -0.344 e. The van der Waals surface area contributed by atoms with Gasteiger partial charge in [-0.3, -0.25) is 9.59 Å². The minimum absolute atomic E-state index is 0.211. The normalized spacial score (nSPS) is 15.1. The maximum absolute atomic E-state index is 11.2. The number of carbonyl (C=O) groups is 2. The van der Waals surface area contributed by atoms with Crippen molar-refractivity contribution in [3.05, 3.63) is 27.7 Å². The van der Waals surface area contributed by atoms with Gasteiger partial charge in [0.15, 0.2) is 0 Å². The summed E-state index contributed by atoms with van der Waals surface area (Å²) in [4.78, 5) is 22.3. The molecule has 1 aliphatic rings. The van der Waals surface area contributed by atoms with Crippen LogP contribution < -0.4 is 10.6 Å². The summed E-state index contributed by atoms with van der Waals surface area (Å²) in [5, 5.41) is 5.69. The van der Waals surface area contributed by atoms with E-state index in [0.717, 1.165) is 0 Å². The van der Waals surface area contributed by atoms with Crippen molar-refractivity contribution < 1.29 is 9.59 Å². The lowest BCUT2D eigenvalue weighted by atomic mass is 10.2. The molecule has 1 heterocycles. The van der Waals surface area contributed by atoms with Crippen molar-refractivity contribution in [2.75, 3.05) is 5.32 Å². The van der Waals surface area contributed by atoms with Crippen molar-refractivity contribution in [3.8, 4) is 0 Å². The number of nitrogens with one attached hydrogen (secondary N) is 2. The highest BCUT2D eigenvalue weighted by molar-refractivity contribution is 6.41. The van der Waals surface area contributed by atoms with Gasteiger partial charge in [-0.05, 0) is 12.1 Å². The highest BCUT2D eigenvalue weighted by Crippen LogP contribution is 2.29. The molecule has 2 N–H and O–H groups in total. The van der Waals surface area contributed by atoms with Crippen LogP contribution in [0.4, 0.5) is 5.69 Å².